The number of aliphatic hydroxyl groups is 4. The van der Waals surface area contributed by atoms with Crippen molar-refractivity contribution in [2.45, 2.75) is 64.3 Å². The monoisotopic (exact) mass is 390 g/mol. The number of Topliss-reactive ketones (excluding diaryl/α,β-unsaturated/α-hetero) is 1. The summed E-state index contributed by atoms with van der Waals surface area (Å²) < 4.78 is 0. The van der Waals surface area contributed by atoms with Gasteiger partial charge in [0, 0.05) is 16.7 Å². The maximum absolute atomic E-state index is 12.5. The Hall–Kier alpha value is -1.34. The number of hydrogen-bond donors (Lipinski definition) is 4. The lowest BCUT2D eigenvalue weighted by Gasteiger charge is -2.64. The molecule has 0 aromatic rings. The second-order valence-corrected chi connectivity index (χ2v) is 10.0. The summed E-state index contributed by atoms with van der Waals surface area (Å²) in [5.74, 6) is -1.22. The normalized spacial score (nSPS) is 52.5. The Morgan fingerprint density at radius 1 is 1.25 bits per heavy atom. The maximum atomic E-state index is 12.5. The molecule has 3 fully saturated rings. The highest BCUT2D eigenvalue weighted by Gasteiger charge is 2.74. The summed E-state index contributed by atoms with van der Waals surface area (Å²) >= 11 is 0. The Labute approximate surface area is 165 Å². The molecule has 0 saturated heterocycles. The van der Waals surface area contributed by atoms with Gasteiger partial charge < -0.3 is 20.4 Å². The molecule has 4 aliphatic rings. The lowest BCUT2D eigenvalue weighted by atomic mass is 9.40. The number of carbonyl (C=O) groups excluding carboxylic acids is 2. The van der Waals surface area contributed by atoms with Crippen molar-refractivity contribution < 1.29 is 30.0 Å². The van der Waals surface area contributed by atoms with E-state index in [1.807, 2.05) is 13.0 Å². The van der Waals surface area contributed by atoms with E-state index in [2.05, 4.69) is 6.92 Å². The van der Waals surface area contributed by atoms with Crippen LogP contribution in [0.25, 0.3) is 0 Å². The van der Waals surface area contributed by atoms with Crippen LogP contribution in [0.15, 0.2) is 23.8 Å². The Morgan fingerprint density at radius 3 is 2.57 bits per heavy atom. The molecule has 4 rings (SSSR count). The Morgan fingerprint density at radius 2 is 1.93 bits per heavy atom. The zero-order valence-electron chi connectivity index (χ0n) is 16.7. The molecule has 8 atom stereocenters. The number of carbonyl (C=O) groups is 2. The van der Waals surface area contributed by atoms with E-state index in [-0.39, 0.29) is 30.5 Å². The minimum Gasteiger partial charge on any atom is -0.393 e. The highest BCUT2D eigenvalue weighted by molar-refractivity contribution is 6.01. The van der Waals surface area contributed by atoms with Crippen molar-refractivity contribution in [2.24, 2.45) is 28.1 Å². The molecular weight excluding hydrogens is 360 g/mol. The fourth-order valence-corrected chi connectivity index (χ4v) is 7.63. The van der Waals surface area contributed by atoms with Gasteiger partial charge in [-0.25, -0.2) is 0 Å². The molecule has 0 aliphatic heterocycles. The van der Waals surface area contributed by atoms with Crippen LogP contribution < -0.4 is 0 Å². The molecule has 0 aromatic heterocycles. The van der Waals surface area contributed by atoms with Crippen molar-refractivity contribution in [3.8, 4) is 0 Å². The van der Waals surface area contributed by atoms with Gasteiger partial charge in [0.05, 0.1) is 12.2 Å². The van der Waals surface area contributed by atoms with Gasteiger partial charge in [-0.1, -0.05) is 32.4 Å². The van der Waals surface area contributed by atoms with Crippen molar-refractivity contribution in [1.29, 1.82) is 0 Å². The zero-order chi connectivity index (χ0) is 20.7. The average Bonchev–Trinajstić information content (AvgIpc) is 2.83. The third-order valence-electron chi connectivity index (χ3n) is 8.86. The van der Waals surface area contributed by atoms with E-state index < -0.39 is 46.4 Å². The Balaban J connectivity index is 1.84. The van der Waals surface area contributed by atoms with Gasteiger partial charge in [0.15, 0.2) is 17.2 Å². The van der Waals surface area contributed by atoms with Crippen LogP contribution in [0.5, 0.6) is 0 Å². The summed E-state index contributed by atoms with van der Waals surface area (Å²) in [6, 6.07) is 0. The quantitative estimate of drug-likeness (QED) is 0.557. The van der Waals surface area contributed by atoms with E-state index >= 15 is 0 Å². The molecule has 3 saturated carbocycles. The van der Waals surface area contributed by atoms with E-state index in [0.717, 1.165) is 5.57 Å². The predicted molar refractivity (Wildman–Crippen MR) is 101 cm³/mol. The Bertz CT molecular complexity index is 801. The number of ketones is 2. The fourth-order valence-electron chi connectivity index (χ4n) is 7.63. The van der Waals surface area contributed by atoms with E-state index in [1.54, 1.807) is 19.1 Å². The maximum Gasteiger partial charge on any atom is 0.192 e. The molecular formula is C22H30O6. The smallest absolute Gasteiger partial charge is 0.192 e. The van der Waals surface area contributed by atoms with Crippen LogP contribution in [0.3, 0.4) is 0 Å². The summed E-state index contributed by atoms with van der Waals surface area (Å²) in [7, 11) is 0. The van der Waals surface area contributed by atoms with Crippen molar-refractivity contribution >= 4 is 11.6 Å². The van der Waals surface area contributed by atoms with Crippen molar-refractivity contribution in [3.63, 3.8) is 0 Å². The number of rotatable bonds is 2. The number of allylic oxidation sites excluding steroid dienone is 4. The second-order valence-electron chi connectivity index (χ2n) is 10.0. The van der Waals surface area contributed by atoms with E-state index in [1.165, 1.54) is 0 Å². The molecule has 0 heterocycles. The molecule has 6 nitrogen and oxygen atoms in total. The van der Waals surface area contributed by atoms with Crippen molar-refractivity contribution in [3.05, 3.63) is 23.8 Å². The predicted octanol–water partition coefficient (Wildman–Crippen LogP) is 0.918. The molecule has 0 radical (unpaired) electrons. The first kappa shape index (κ1) is 20.0. The summed E-state index contributed by atoms with van der Waals surface area (Å²) in [4.78, 5) is 24.4. The standard InChI is InChI=1S/C22H30O6/c1-19-7-5-13(24)8-12(19)4-6-20(2)15-9-16(26)22(28,17(27)11-23)21(15,3)10-14(25)18(19)20/h5,7-8,14-16,18,23,25-26,28H,4,6,9-11H2,1-3H3/t14-,15-,16+,18+,19-,20-,21-,22-/m0/s1. The zero-order valence-corrected chi connectivity index (χ0v) is 16.7. The molecule has 28 heavy (non-hydrogen) atoms. The van der Waals surface area contributed by atoms with Gasteiger partial charge in [-0.15, -0.1) is 0 Å². The van der Waals surface area contributed by atoms with Crippen LogP contribution in [-0.4, -0.2) is 56.4 Å². The minimum absolute atomic E-state index is 0.0366. The molecule has 154 valence electrons. The van der Waals surface area contributed by atoms with E-state index in [0.29, 0.717) is 12.8 Å². The molecule has 0 amide bonds. The first-order chi connectivity index (χ1) is 12.9. The van der Waals surface area contributed by atoms with Crippen LogP contribution in [0.4, 0.5) is 0 Å². The van der Waals surface area contributed by atoms with Crippen LogP contribution in [0.1, 0.15) is 46.5 Å². The van der Waals surface area contributed by atoms with Gasteiger partial charge in [-0.3, -0.25) is 9.59 Å². The molecule has 0 aromatic carbocycles. The fraction of sp³-hybridized carbons (Fsp3) is 0.727. The van der Waals surface area contributed by atoms with Gasteiger partial charge in [-0.05, 0) is 49.2 Å². The SMILES string of the molecule is C[C@@]12CCC3=CC(=O)C=C[C@]3(C)[C@H]1[C@@H](O)C[C@@]1(C)[C@H]2C[C@@H](O)[C@]1(O)C(=O)CO. The van der Waals surface area contributed by atoms with Gasteiger partial charge in [-0.2, -0.15) is 0 Å². The molecule has 6 heteroatoms. The largest absolute Gasteiger partial charge is 0.393 e. The van der Waals surface area contributed by atoms with Crippen LogP contribution >= 0.6 is 0 Å². The van der Waals surface area contributed by atoms with Crippen LogP contribution in [0.2, 0.25) is 0 Å². The Kier molecular flexibility index (Phi) is 4.17. The minimum atomic E-state index is -2.07. The van der Waals surface area contributed by atoms with Gasteiger partial charge in [0.25, 0.3) is 0 Å². The summed E-state index contributed by atoms with van der Waals surface area (Å²) in [6.45, 7) is 5.05. The number of fused-ring (bicyclic) bond motifs is 5. The topological polar surface area (TPSA) is 115 Å². The number of aliphatic hydroxyl groups excluding tert-OH is 3. The first-order valence-electron chi connectivity index (χ1n) is 10.1. The van der Waals surface area contributed by atoms with Gasteiger partial charge in [0.2, 0.25) is 0 Å². The number of hydrogen-bond acceptors (Lipinski definition) is 6. The molecule has 0 bridgehead atoms. The highest BCUT2D eigenvalue weighted by atomic mass is 16.4. The second kappa shape index (κ2) is 5.85. The van der Waals surface area contributed by atoms with Crippen LogP contribution in [-0.2, 0) is 9.59 Å². The molecule has 0 spiro atoms. The van der Waals surface area contributed by atoms with E-state index in [9.17, 15) is 30.0 Å². The highest BCUT2D eigenvalue weighted by Crippen LogP contribution is 2.71. The third kappa shape index (κ3) is 2.12. The van der Waals surface area contributed by atoms with Crippen molar-refractivity contribution in [1.82, 2.24) is 0 Å². The third-order valence-corrected chi connectivity index (χ3v) is 8.86. The van der Waals surface area contributed by atoms with E-state index in [4.69, 9.17) is 0 Å². The summed E-state index contributed by atoms with van der Waals surface area (Å²) in [5, 5.41) is 42.8. The summed E-state index contributed by atoms with van der Waals surface area (Å²) in [6.07, 6.45) is 4.83. The summed E-state index contributed by atoms with van der Waals surface area (Å²) in [5.41, 5.74) is -3.01. The lowest BCUT2D eigenvalue weighted by Crippen LogP contribution is -2.66. The first-order valence-corrected chi connectivity index (χ1v) is 10.1. The molecule has 4 aliphatic carbocycles. The molecule has 0 unspecified atom stereocenters. The van der Waals surface area contributed by atoms with Crippen LogP contribution in [0, 0.1) is 28.1 Å². The lowest BCUT2D eigenvalue weighted by molar-refractivity contribution is -0.208. The van der Waals surface area contributed by atoms with Crippen molar-refractivity contribution in [2.75, 3.05) is 6.61 Å². The average molecular weight is 390 g/mol. The van der Waals surface area contributed by atoms with Gasteiger partial charge in [0.1, 0.15) is 6.61 Å². The van der Waals surface area contributed by atoms with Gasteiger partial charge >= 0.3 is 0 Å². The molecule has 4 N–H and O–H groups in total.